The van der Waals surface area contributed by atoms with Gasteiger partial charge in [0, 0.05) is 20.1 Å². The Labute approximate surface area is 204 Å². The molecule has 34 heavy (non-hydrogen) atoms. The molecule has 0 saturated carbocycles. The molecule has 0 bridgehead atoms. The number of nitrogens with one attached hydrogen (secondary N) is 1. The first kappa shape index (κ1) is 27.5. The molecule has 8 heteroatoms. The lowest BCUT2D eigenvalue weighted by Crippen LogP contribution is -2.53. The molecule has 1 atom stereocenters. The molecule has 0 fully saturated rings. The van der Waals surface area contributed by atoms with Crippen molar-refractivity contribution in [3.05, 3.63) is 65.7 Å². The maximum absolute atomic E-state index is 13.4. The summed E-state index contributed by atoms with van der Waals surface area (Å²) >= 11 is 0. The van der Waals surface area contributed by atoms with E-state index in [0.29, 0.717) is 25.9 Å². The van der Waals surface area contributed by atoms with Gasteiger partial charge >= 0.3 is 0 Å². The van der Waals surface area contributed by atoms with Gasteiger partial charge in [0.1, 0.15) is 6.04 Å². The lowest BCUT2D eigenvalue weighted by molar-refractivity contribution is -0.140. The van der Waals surface area contributed by atoms with E-state index < -0.39 is 22.0 Å². The zero-order valence-corrected chi connectivity index (χ0v) is 21.6. The molecule has 2 aromatic rings. The fraction of sp³-hybridized carbons (Fsp3) is 0.462. The molecule has 1 N–H and O–H groups in total. The van der Waals surface area contributed by atoms with E-state index >= 15 is 0 Å². The summed E-state index contributed by atoms with van der Waals surface area (Å²) in [5.41, 5.74) is 1.99. The highest BCUT2D eigenvalue weighted by molar-refractivity contribution is 7.89. The monoisotopic (exact) mass is 487 g/mol. The lowest BCUT2D eigenvalue weighted by Gasteiger charge is -2.32. The number of hydrogen-bond donors (Lipinski definition) is 1. The molecule has 0 unspecified atom stereocenters. The lowest BCUT2D eigenvalue weighted by atomic mass is 10.1. The van der Waals surface area contributed by atoms with Gasteiger partial charge in [-0.3, -0.25) is 9.59 Å². The van der Waals surface area contributed by atoms with Gasteiger partial charge in [-0.2, -0.15) is 4.31 Å². The van der Waals surface area contributed by atoms with Crippen molar-refractivity contribution >= 4 is 21.8 Å². The van der Waals surface area contributed by atoms with E-state index in [9.17, 15) is 18.0 Å². The van der Waals surface area contributed by atoms with E-state index in [2.05, 4.69) is 5.32 Å². The molecule has 2 amide bonds. The van der Waals surface area contributed by atoms with Crippen molar-refractivity contribution in [2.24, 2.45) is 5.92 Å². The van der Waals surface area contributed by atoms with Gasteiger partial charge in [-0.15, -0.1) is 0 Å². The minimum absolute atomic E-state index is 0.131. The van der Waals surface area contributed by atoms with Crippen molar-refractivity contribution in [3.8, 4) is 0 Å². The predicted octanol–water partition coefficient (Wildman–Crippen LogP) is 3.24. The third-order valence-electron chi connectivity index (χ3n) is 5.64. The Kier molecular flexibility index (Phi) is 10.3. The molecule has 186 valence electrons. The summed E-state index contributed by atoms with van der Waals surface area (Å²) in [6.45, 7) is 8.22. The summed E-state index contributed by atoms with van der Waals surface area (Å²) in [4.78, 5) is 28.0. The molecule has 0 aromatic heterocycles. The van der Waals surface area contributed by atoms with Crippen molar-refractivity contribution in [3.63, 3.8) is 0 Å². The van der Waals surface area contributed by atoms with E-state index in [-0.39, 0.29) is 23.3 Å². The van der Waals surface area contributed by atoms with Crippen LogP contribution in [-0.2, 0) is 26.0 Å². The van der Waals surface area contributed by atoms with Gasteiger partial charge in [0.2, 0.25) is 21.8 Å². The number of likely N-dealkylation sites (N-methyl/N-ethyl adjacent to an activating group) is 1. The minimum atomic E-state index is -3.84. The molecule has 2 rings (SSSR count). The Morgan fingerprint density at radius 3 is 2.18 bits per heavy atom. The van der Waals surface area contributed by atoms with Crippen LogP contribution in [0, 0.1) is 12.8 Å². The van der Waals surface area contributed by atoms with Crippen molar-refractivity contribution in [2.45, 2.75) is 51.5 Å². The largest absolute Gasteiger partial charge is 0.354 e. The fourth-order valence-electron chi connectivity index (χ4n) is 3.57. The smallest absolute Gasteiger partial charge is 0.243 e. The average Bonchev–Trinajstić information content (AvgIpc) is 2.81. The molecule has 2 aromatic carbocycles. The Balaban J connectivity index is 2.23. The van der Waals surface area contributed by atoms with Crippen LogP contribution in [-0.4, -0.2) is 62.2 Å². The van der Waals surface area contributed by atoms with Crippen LogP contribution >= 0.6 is 0 Å². The highest BCUT2D eigenvalue weighted by Gasteiger charge is 2.31. The number of amides is 2. The van der Waals surface area contributed by atoms with E-state index in [1.807, 2.05) is 58.0 Å². The first-order valence-corrected chi connectivity index (χ1v) is 13.1. The van der Waals surface area contributed by atoms with Crippen LogP contribution in [0.15, 0.2) is 59.5 Å². The summed E-state index contributed by atoms with van der Waals surface area (Å²) < 4.78 is 27.1. The molecule has 0 aliphatic carbocycles. The number of nitrogens with zero attached hydrogens (tertiary/aromatic N) is 2. The Morgan fingerprint density at radius 2 is 1.62 bits per heavy atom. The normalized spacial score (nSPS) is 12.6. The van der Waals surface area contributed by atoms with Gasteiger partial charge in [-0.25, -0.2) is 8.42 Å². The number of aryl methyl sites for hydroxylation is 1. The highest BCUT2D eigenvalue weighted by Crippen LogP contribution is 2.16. The van der Waals surface area contributed by atoms with E-state index in [0.717, 1.165) is 15.4 Å². The number of carbonyl (C=O) groups excluding carboxylic acids is 2. The molecule has 0 aliphatic heterocycles. The van der Waals surface area contributed by atoms with Gasteiger partial charge in [-0.05, 0) is 43.4 Å². The molecule has 0 radical (unpaired) electrons. The molecular weight excluding hydrogens is 450 g/mol. The van der Waals surface area contributed by atoms with Crippen LogP contribution in [0.1, 0.15) is 38.3 Å². The van der Waals surface area contributed by atoms with Gasteiger partial charge in [0.25, 0.3) is 0 Å². The van der Waals surface area contributed by atoms with Gasteiger partial charge in [0.15, 0.2) is 0 Å². The first-order valence-electron chi connectivity index (χ1n) is 11.7. The number of sulfonamides is 1. The van der Waals surface area contributed by atoms with Crippen molar-refractivity contribution in [1.82, 2.24) is 14.5 Å². The van der Waals surface area contributed by atoms with Gasteiger partial charge in [-0.1, -0.05) is 68.8 Å². The van der Waals surface area contributed by atoms with Gasteiger partial charge < -0.3 is 10.2 Å². The number of benzene rings is 2. The maximum Gasteiger partial charge on any atom is 0.243 e. The van der Waals surface area contributed by atoms with Crippen molar-refractivity contribution in [2.75, 3.05) is 26.7 Å². The van der Waals surface area contributed by atoms with Crippen molar-refractivity contribution in [1.29, 1.82) is 0 Å². The maximum atomic E-state index is 13.4. The summed E-state index contributed by atoms with van der Waals surface area (Å²) in [5.74, 6) is -0.344. The number of rotatable bonds is 12. The average molecular weight is 488 g/mol. The second-order valence-electron chi connectivity index (χ2n) is 8.96. The SMILES string of the molecule is CC[C@H](C(=O)NCC(C)C)N(CCc1ccccc1)C(=O)CN(C)S(=O)(=O)c1ccc(C)cc1. The number of carbonyl (C=O) groups is 2. The van der Waals surface area contributed by atoms with Gasteiger partial charge in [0.05, 0.1) is 11.4 Å². The predicted molar refractivity (Wildman–Crippen MR) is 135 cm³/mol. The molecule has 0 aliphatic rings. The number of hydrogen-bond acceptors (Lipinski definition) is 4. The van der Waals surface area contributed by atoms with E-state index in [1.54, 1.807) is 12.1 Å². The fourth-order valence-corrected chi connectivity index (χ4v) is 4.70. The summed E-state index contributed by atoms with van der Waals surface area (Å²) in [6, 6.07) is 15.6. The zero-order chi connectivity index (χ0) is 25.3. The third-order valence-corrected chi connectivity index (χ3v) is 7.46. The van der Waals surface area contributed by atoms with Crippen LogP contribution in [0.2, 0.25) is 0 Å². The Morgan fingerprint density at radius 1 is 1.00 bits per heavy atom. The molecule has 7 nitrogen and oxygen atoms in total. The molecule has 0 saturated heterocycles. The Hall–Kier alpha value is -2.71. The van der Waals surface area contributed by atoms with Crippen LogP contribution in [0.4, 0.5) is 0 Å². The Bertz CT molecular complexity index is 1040. The highest BCUT2D eigenvalue weighted by atomic mass is 32.2. The summed E-state index contributed by atoms with van der Waals surface area (Å²) in [5, 5.41) is 2.92. The van der Waals surface area contributed by atoms with Crippen molar-refractivity contribution < 1.29 is 18.0 Å². The zero-order valence-electron chi connectivity index (χ0n) is 20.8. The summed E-state index contributed by atoms with van der Waals surface area (Å²) in [7, 11) is -2.45. The quantitative estimate of drug-likeness (QED) is 0.498. The topological polar surface area (TPSA) is 86.8 Å². The second kappa shape index (κ2) is 12.7. The third kappa shape index (κ3) is 7.67. The minimum Gasteiger partial charge on any atom is -0.354 e. The van der Waals surface area contributed by atoms with E-state index in [1.165, 1.54) is 24.1 Å². The van der Waals surface area contributed by atoms with Crippen LogP contribution < -0.4 is 5.32 Å². The second-order valence-corrected chi connectivity index (χ2v) is 11.0. The molecule has 0 spiro atoms. The van der Waals surface area contributed by atoms with Crippen LogP contribution in [0.25, 0.3) is 0 Å². The standard InChI is InChI=1S/C26H37N3O4S/c1-6-24(26(31)27-18-20(2)3)29(17-16-22-10-8-7-9-11-22)25(30)19-28(5)34(32,33)23-14-12-21(4)13-15-23/h7-15,20,24H,6,16-19H2,1-5H3,(H,27,31)/t24-/m1/s1. The van der Waals surface area contributed by atoms with E-state index in [4.69, 9.17) is 0 Å². The van der Waals surface area contributed by atoms with Crippen LogP contribution in [0.3, 0.4) is 0 Å². The van der Waals surface area contributed by atoms with Crippen LogP contribution in [0.5, 0.6) is 0 Å². The molecular formula is C26H37N3O4S. The summed E-state index contributed by atoms with van der Waals surface area (Å²) in [6.07, 6.45) is 0.994. The first-order chi connectivity index (χ1) is 16.1. The molecule has 0 heterocycles.